The first kappa shape index (κ1) is 13.9. The zero-order valence-corrected chi connectivity index (χ0v) is 10.6. The molecule has 17 heavy (non-hydrogen) atoms. The number of rotatable bonds is 6. The lowest BCUT2D eigenvalue weighted by atomic mass is 10.4. The monoisotopic (exact) mass is 260 g/mol. The number of nitrogens with one attached hydrogen (secondary N) is 2. The Kier molecular flexibility index (Phi) is 4.86. The molecule has 1 heterocycles. The highest BCUT2D eigenvalue weighted by atomic mass is 32.2. The molecule has 7 heteroatoms. The summed E-state index contributed by atoms with van der Waals surface area (Å²) in [4.78, 5) is 13.2. The summed E-state index contributed by atoms with van der Waals surface area (Å²) in [6, 6.07) is 2.10. The molecule has 1 atom stereocenters. The maximum absolute atomic E-state index is 11.8. The highest BCUT2D eigenvalue weighted by Crippen LogP contribution is 2.05. The molecule has 0 spiro atoms. The van der Waals surface area contributed by atoms with Crippen LogP contribution in [0.15, 0.2) is 28.0 Å². The van der Waals surface area contributed by atoms with Gasteiger partial charge in [-0.3, -0.25) is 4.79 Å². The van der Waals surface area contributed by atoms with Crippen molar-refractivity contribution in [2.24, 2.45) is 0 Å². The summed E-state index contributed by atoms with van der Waals surface area (Å²) >= 11 is 0. The normalized spacial score (nSPS) is 13.5. The highest BCUT2D eigenvalue weighted by molar-refractivity contribution is 7.89. The molecule has 1 rings (SSSR count). The Morgan fingerprint density at radius 3 is 2.71 bits per heavy atom. The summed E-state index contributed by atoms with van der Waals surface area (Å²) in [5.41, 5.74) is -0.341. The van der Waals surface area contributed by atoms with Crippen LogP contribution in [0.3, 0.4) is 0 Å². The molecule has 0 saturated carbocycles. The largest absolute Gasteiger partial charge is 0.380 e. The molecule has 6 nitrogen and oxygen atoms in total. The van der Waals surface area contributed by atoms with Crippen LogP contribution in [-0.2, 0) is 14.8 Å². The number of aromatic nitrogens is 1. The van der Waals surface area contributed by atoms with Gasteiger partial charge < -0.3 is 9.72 Å². The van der Waals surface area contributed by atoms with Crippen LogP contribution >= 0.6 is 0 Å². The van der Waals surface area contributed by atoms with Gasteiger partial charge in [0.2, 0.25) is 15.6 Å². The fourth-order valence-corrected chi connectivity index (χ4v) is 2.42. The minimum atomic E-state index is -3.61. The first-order valence-electron chi connectivity index (χ1n) is 5.24. The number of sulfonamides is 1. The molecular formula is C10H16N2O4S. The second kappa shape index (κ2) is 5.95. The predicted octanol–water partition coefficient (Wildman–Crippen LogP) is 0.0782. The minimum absolute atomic E-state index is 0.0282. The number of pyridine rings is 1. The number of hydrogen-bond acceptors (Lipinski definition) is 4. The van der Waals surface area contributed by atoms with Crippen LogP contribution in [0.25, 0.3) is 0 Å². The van der Waals surface area contributed by atoms with E-state index in [1.807, 2.05) is 6.92 Å². The predicted molar refractivity (Wildman–Crippen MR) is 63.3 cm³/mol. The van der Waals surface area contributed by atoms with Crippen molar-refractivity contribution in [3.8, 4) is 0 Å². The lowest BCUT2D eigenvalue weighted by Crippen LogP contribution is -2.36. The third-order valence-corrected chi connectivity index (χ3v) is 3.58. The summed E-state index contributed by atoms with van der Waals surface area (Å²) in [6.45, 7) is 4.38. The van der Waals surface area contributed by atoms with Gasteiger partial charge in [-0.15, -0.1) is 0 Å². The molecule has 0 amide bonds. The zero-order valence-electron chi connectivity index (χ0n) is 9.76. The number of ether oxygens (including phenoxy) is 1. The van der Waals surface area contributed by atoms with E-state index in [1.54, 1.807) is 6.92 Å². The Bertz CT molecular complexity index is 489. The first-order chi connectivity index (χ1) is 7.95. The lowest BCUT2D eigenvalue weighted by molar-refractivity contribution is 0.133. The van der Waals surface area contributed by atoms with Gasteiger partial charge in [-0.05, 0) is 19.9 Å². The molecular weight excluding hydrogens is 244 g/mol. The second-order valence-electron chi connectivity index (χ2n) is 3.57. The smallest absolute Gasteiger partial charge is 0.247 e. The van der Waals surface area contributed by atoms with E-state index in [-0.39, 0.29) is 16.5 Å². The van der Waals surface area contributed by atoms with E-state index in [0.29, 0.717) is 13.2 Å². The first-order valence-corrected chi connectivity index (χ1v) is 6.73. The molecule has 0 aromatic carbocycles. The Labute approximate surface area is 100 Å². The van der Waals surface area contributed by atoms with Crippen molar-refractivity contribution in [1.29, 1.82) is 0 Å². The second-order valence-corrected chi connectivity index (χ2v) is 5.28. The maximum Gasteiger partial charge on any atom is 0.247 e. The van der Waals surface area contributed by atoms with Crippen molar-refractivity contribution >= 4 is 10.0 Å². The van der Waals surface area contributed by atoms with E-state index in [2.05, 4.69) is 9.71 Å². The molecule has 0 aliphatic carbocycles. The third kappa shape index (κ3) is 4.29. The van der Waals surface area contributed by atoms with Gasteiger partial charge in [0.1, 0.15) is 0 Å². The van der Waals surface area contributed by atoms with Crippen LogP contribution in [0.1, 0.15) is 13.8 Å². The summed E-state index contributed by atoms with van der Waals surface area (Å²) < 4.78 is 31.2. The van der Waals surface area contributed by atoms with Crippen molar-refractivity contribution in [1.82, 2.24) is 9.71 Å². The number of H-pyrrole nitrogens is 1. The van der Waals surface area contributed by atoms with E-state index >= 15 is 0 Å². The van der Waals surface area contributed by atoms with Gasteiger partial charge in [-0.2, -0.15) is 0 Å². The minimum Gasteiger partial charge on any atom is -0.380 e. The van der Waals surface area contributed by atoms with E-state index in [1.165, 1.54) is 12.1 Å². The zero-order chi connectivity index (χ0) is 12.9. The number of hydrogen-bond donors (Lipinski definition) is 2. The van der Waals surface area contributed by atoms with Crippen LogP contribution < -0.4 is 10.3 Å². The van der Waals surface area contributed by atoms with Crippen LogP contribution in [0.4, 0.5) is 0 Å². The number of aromatic amines is 1. The average molecular weight is 260 g/mol. The van der Waals surface area contributed by atoms with Gasteiger partial charge in [0.05, 0.1) is 11.5 Å². The molecule has 0 fully saturated rings. The Balaban J connectivity index is 2.75. The summed E-state index contributed by atoms with van der Waals surface area (Å²) in [5.74, 6) is 0. The van der Waals surface area contributed by atoms with Gasteiger partial charge in [0.25, 0.3) is 0 Å². The molecule has 1 unspecified atom stereocenters. The van der Waals surface area contributed by atoms with Crippen LogP contribution in [0.2, 0.25) is 0 Å². The van der Waals surface area contributed by atoms with Crippen molar-refractivity contribution in [3.63, 3.8) is 0 Å². The molecule has 0 bridgehead atoms. The van der Waals surface area contributed by atoms with Gasteiger partial charge >= 0.3 is 0 Å². The summed E-state index contributed by atoms with van der Waals surface area (Å²) in [7, 11) is -3.61. The molecule has 96 valence electrons. The van der Waals surface area contributed by atoms with E-state index in [4.69, 9.17) is 4.74 Å². The van der Waals surface area contributed by atoms with Crippen LogP contribution in [-0.4, -0.2) is 32.7 Å². The Hall–Kier alpha value is -1.18. The van der Waals surface area contributed by atoms with Gasteiger partial charge in [0, 0.05) is 24.9 Å². The lowest BCUT2D eigenvalue weighted by Gasteiger charge is -2.13. The molecule has 1 aromatic heterocycles. The SMILES string of the molecule is CCOCC(C)NS(=O)(=O)c1ccc(=O)[nH]c1. The van der Waals surface area contributed by atoms with Crippen molar-refractivity contribution < 1.29 is 13.2 Å². The topological polar surface area (TPSA) is 88.3 Å². The van der Waals surface area contributed by atoms with Crippen LogP contribution in [0, 0.1) is 0 Å². The van der Waals surface area contributed by atoms with Crippen LogP contribution in [0.5, 0.6) is 0 Å². The highest BCUT2D eigenvalue weighted by Gasteiger charge is 2.17. The van der Waals surface area contributed by atoms with Crippen molar-refractivity contribution in [2.45, 2.75) is 24.8 Å². The fraction of sp³-hybridized carbons (Fsp3) is 0.500. The maximum atomic E-state index is 11.8. The molecule has 0 saturated heterocycles. The van der Waals surface area contributed by atoms with E-state index in [0.717, 1.165) is 6.20 Å². The van der Waals surface area contributed by atoms with Crippen molar-refractivity contribution in [2.75, 3.05) is 13.2 Å². The van der Waals surface area contributed by atoms with Gasteiger partial charge in [-0.1, -0.05) is 0 Å². The molecule has 0 aliphatic heterocycles. The average Bonchev–Trinajstić information content (AvgIpc) is 2.26. The Morgan fingerprint density at radius 1 is 1.47 bits per heavy atom. The summed E-state index contributed by atoms with van der Waals surface area (Å²) in [5, 5.41) is 0. The molecule has 0 radical (unpaired) electrons. The van der Waals surface area contributed by atoms with Gasteiger partial charge in [0.15, 0.2) is 0 Å². The fourth-order valence-electron chi connectivity index (χ4n) is 1.23. The van der Waals surface area contributed by atoms with Crippen molar-refractivity contribution in [3.05, 3.63) is 28.7 Å². The Morgan fingerprint density at radius 2 is 2.18 bits per heavy atom. The quantitative estimate of drug-likeness (QED) is 0.758. The van der Waals surface area contributed by atoms with Gasteiger partial charge in [-0.25, -0.2) is 13.1 Å². The summed E-state index contributed by atoms with van der Waals surface area (Å²) in [6.07, 6.45) is 1.16. The van der Waals surface area contributed by atoms with E-state index in [9.17, 15) is 13.2 Å². The third-order valence-electron chi connectivity index (χ3n) is 1.99. The molecule has 1 aromatic rings. The molecule has 0 aliphatic rings. The standard InChI is InChI=1S/C10H16N2O4S/c1-3-16-7-8(2)12-17(14,15)9-4-5-10(13)11-6-9/h4-6,8,12H,3,7H2,1-2H3,(H,11,13). The van der Waals surface area contributed by atoms with E-state index < -0.39 is 10.0 Å². The molecule has 2 N–H and O–H groups in total.